The van der Waals surface area contributed by atoms with Gasteiger partial charge in [0.05, 0.1) is 17.8 Å². The molecule has 5 nitrogen and oxygen atoms in total. The van der Waals surface area contributed by atoms with Crippen LogP contribution in [0.4, 0.5) is 5.69 Å². The minimum atomic E-state index is 0.0670. The fraction of sp³-hybridized carbons (Fsp3) is 0.667. The van der Waals surface area contributed by atoms with Crippen molar-refractivity contribution in [2.45, 2.75) is 26.8 Å². The van der Waals surface area contributed by atoms with Gasteiger partial charge in [-0.25, -0.2) is 0 Å². The summed E-state index contributed by atoms with van der Waals surface area (Å²) in [5.74, 6) is 0.554. The topological polar surface area (TPSA) is 59.0 Å². The number of hydrogen-bond donors (Lipinski definition) is 2. The van der Waals surface area contributed by atoms with Crippen LogP contribution in [0.5, 0.6) is 0 Å². The van der Waals surface area contributed by atoms with Gasteiger partial charge in [0, 0.05) is 18.8 Å². The van der Waals surface area contributed by atoms with Crippen molar-refractivity contribution in [1.82, 2.24) is 15.1 Å². The summed E-state index contributed by atoms with van der Waals surface area (Å²) >= 11 is 0. The number of carbonyl (C=O) groups excluding carboxylic acids is 1. The Labute approximate surface area is 102 Å². The fourth-order valence-electron chi connectivity index (χ4n) is 2.08. The third-order valence-electron chi connectivity index (χ3n) is 3.25. The molecule has 94 valence electrons. The molecule has 5 heteroatoms. The molecule has 0 aliphatic carbocycles. The van der Waals surface area contributed by atoms with E-state index in [1.54, 1.807) is 6.20 Å². The van der Waals surface area contributed by atoms with E-state index in [0.717, 1.165) is 18.8 Å². The number of aromatic nitrogens is 2. The van der Waals surface area contributed by atoms with E-state index in [4.69, 9.17) is 0 Å². The second-order valence-corrected chi connectivity index (χ2v) is 5.03. The third kappa shape index (κ3) is 2.66. The Hall–Kier alpha value is -1.36. The summed E-state index contributed by atoms with van der Waals surface area (Å²) in [5.41, 5.74) is 0.780. The van der Waals surface area contributed by atoms with Gasteiger partial charge in [0.2, 0.25) is 5.91 Å². The van der Waals surface area contributed by atoms with Gasteiger partial charge >= 0.3 is 0 Å². The van der Waals surface area contributed by atoms with Crippen molar-refractivity contribution in [1.29, 1.82) is 0 Å². The minimum Gasteiger partial charge on any atom is -0.323 e. The zero-order chi connectivity index (χ0) is 12.4. The van der Waals surface area contributed by atoms with Crippen molar-refractivity contribution < 1.29 is 4.79 Å². The highest BCUT2D eigenvalue weighted by atomic mass is 16.2. The van der Waals surface area contributed by atoms with Gasteiger partial charge in [-0.3, -0.25) is 9.48 Å². The standard InChI is InChI=1S/C12H20N4O/c1-8(2)16-7-10(5-14-16)15-12(17)11-6-13-4-9(11)3/h5,7-9,11,13H,4,6H2,1-3H3,(H,15,17). The number of rotatable bonds is 3. The lowest BCUT2D eigenvalue weighted by Gasteiger charge is -2.12. The van der Waals surface area contributed by atoms with Crippen LogP contribution in [0.2, 0.25) is 0 Å². The molecule has 0 aromatic carbocycles. The Morgan fingerprint density at radius 2 is 2.35 bits per heavy atom. The van der Waals surface area contributed by atoms with Gasteiger partial charge in [-0.15, -0.1) is 0 Å². The number of hydrogen-bond acceptors (Lipinski definition) is 3. The van der Waals surface area contributed by atoms with Gasteiger partial charge in [-0.05, 0) is 26.3 Å². The molecule has 1 saturated heterocycles. The molecule has 1 aliphatic rings. The summed E-state index contributed by atoms with van der Waals surface area (Å²) in [6, 6.07) is 0.313. The molecule has 2 rings (SSSR count). The highest BCUT2D eigenvalue weighted by molar-refractivity contribution is 5.92. The lowest BCUT2D eigenvalue weighted by atomic mass is 9.97. The zero-order valence-corrected chi connectivity index (χ0v) is 10.6. The van der Waals surface area contributed by atoms with Crippen molar-refractivity contribution in [3.05, 3.63) is 12.4 Å². The van der Waals surface area contributed by atoms with Crippen molar-refractivity contribution in [3.63, 3.8) is 0 Å². The monoisotopic (exact) mass is 236 g/mol. The molecular weight excluding hydrogens is 216 g/mol. The lowest BCUT2D eigenvalue weighted by Crippen LogP contribution is -2.27. The number of carbonyl (C=O) groups is 1. The molecule has 0 radical (unpaired) electrons. The summed E-state index contributed by atoms with van der Waals surface area (Å²) in [7, 11) is 0. The van der Waals surface area contributed by atoms with Gasteiger partial charge in [0.1, 0.15) is 0 Å². The fourth-order valence-corrected chi connectivity index (χ4v) is 2.08. The van der Waals surface area contributed by atoms with Crippen LogP contribution in [-0.4, -0.2) is 28.8 Å². The summed E-state index contributed by atoms with van der Waals surface area (Å²) in [6.45, 7) is 7.90. The summed E-state index contributed by atoms with van der Waals surface area (Å²) in [5, 5.41) is 10.4. The van der Waals surface area contributed by atoms with E-state index < -0.39 is 0 Å². The number of amides is 1. The smallest absolute Gasteiger partial charge is 0.229 e. The zero-order valence-electron chi connectivity index (χ0n) is 10.6. The van der Waals surface area contributed by atoms with E-state index in [0.29, 0.717) is 12.0 Å². The summed E-state index contributed by atoms with van der Waals surface area (Å²) < 4.78 is 1.84. The Morgan fingerprint density at radius 1 is 1.59 bits per heavy atom. The molecule has 1 aromatic rings. The molecule has 17 heavy (non-hydrogen) atoms. The van der Waals surface area contributed by atoms with Crippen LogP contribution >= 0.6 is 0 Å². The second kappa shape index (κ2) is 4.87. The molecule has 0 spiro atoms. The van der Waals surface area contributed by atoms with E-state index in [1.165, 1.54) is 0 Å². The van der Waals surface area contributed by atoms with Crippen LogP contribution in [0.15, 0.2) is 12.4 Å². The number of nitrogens with zero attached hydrogens (tertiary/aromatic N) is 2. The average Bonchev–Trinajstić information content (AvgIpc) is 2.86. The average molecular weight is 236 g/mol. The van der Waals surface area contributed by atoms with Crippen LogP contribution < -0.4 is 10.6 Å². The first kappa shape index (κ1) is 12.1. The van der Waals surface area contributed by atoms with E-state index in [2.05, 4.69) is 36.5 Å². The van der Waals surface area contributed by atoms with Gasteiger partial charge in [-0.2, -0.15) is 5.10 Å². The van der Waals surface area contributed by atoms with Gasteiger partial charge < -0.3 is 10.6 Å². The minimum absolute atomic E-state index is 0.0670. The van der Waals surface area contributed by atoms with Crippen molar-refractivity contribution in [2.24, 2.45) is 11.8 Å². The SMILES string of the molecule is CC1CNCC1C(=O)Nc1cnn(C(C)C)c1. The van der Waals surface area contributed by atoms with E-state index in [-0.39, 0.29) is 11.8 Å². The maximum Gasteiger partial charge on any atom is 0.229 e. The first-order valence-electron chi connectivity index (χ1n) is 6.13. The van der Waals surface area contributed by atoms with Crippen molar-refractivity contribution in [2.75, 3.05) is 18.4 Å². The Bertz CT molecular complexity index is 399. The van der Waals surface area contributed by atoms with Crippen LogP contribution in [0.1, 0.15) is 26.8 Å². The first-order chi connectivity index (χ1) is 8.08. The number of anilines is 1. The van der Waals surface area contributed by atoms with Crippen molar-refractivity contribution >= 4 is 11.6 Å². The molecule has 0 bridgehead atoms. The maximum atomic E-state index is 12.0. The Kier molecular flexibility index (Phi) is 3.47. The highest BCUT2D eigenvalue weighted by Crippen LogP contribution is 2.18. The molecule has 2 unspecified atom stereocenters. The molecule has 2 atom stereocenters. The van der Waals surface area contributed by atoms with Gasteiger partial charge in [-0.1, -0.05) is 6.92 Å². The van der Waals surface area contributed by atoms with E-state index >= 15 is 0 Å². The molecule has 1 fully saturated rings. The van der Waals surface area contributed by atoms with Crippen molar-refractivity contribution in [3.8, 4) is 0 Å². The Balaban J connectivity index is 1.97. The Morgan fingerprint density at radius 3 is 2.88 bits per heavy atom. The molecular formula is C12H20N4O. The van der Waals surface area contributed by atoms with E-state index in [9.17, 15) is 4.79 Å². The van der Waals surface area contributed by atoms with E-state index in [1.807, 2.05) is 10.9 Å². The van der Waals surface area contributed by atoms with Crippen LogP contribution in [0.3, 0.4) is 0 Å². The molecule has 1 aromatic heterocycles. The summed E-state index contributed by atoms with van der Waals surface area (Å²) in [6.07, 6.45) is 3.57. The number of nitrogens with one attached hydrogen (secondary N) is 2. The van der Waals surface area contributed by atoms with Gasteiger partial charge in [0.25, 0.3) is 0 Å². The maximum absolute atomic E-state index is 12.0. The lowest BCUT2D eigenvalue weighted by molar-refractivity contribution is -0.120. The molecule has 2 heterocycles. The molecule has 1 aliphatic heterocycles. The normalized spacial score (nSPS) is 24.2. The highest BCUT2D eigenvalue weighted by Gasteiger charge is 2.29. The third-order valence-corrected chi connectivity index (χ3v) is 3.25. The quantitative estimate of drug-likeness (QED) is 0.830. The van der Waals surface area contributed by atoms with Crippen LogP contribution in [0.25, 0.3) is 0 Å². The molecule has 0 saturated carbocycles. The predicted molar refractivity (Wildman–Crippen MR) is 66.8 cm³/mol. The second-order valence-electron chi connectivity index (χ2n) is 5.03. The molecule has 1 amide bonds. The first-order valence-corrected chi connectivity index (χ1v) is 6.13. The van der Waals surface area contributed by atoms with Gasteiger partial charge in [0.15, 0.2) is 0 Å². The predicted octanol–water partition coefficient (Wildman–Crippen LogP) is 1.26. The summed E-state index contributed by atoms with van der Waals surface area (Å²) in [4.78, 5) is 12.0. The molecule has 2 N–H and O–H groups in total. The van der Waals surface area contributed by atoms with Crippen LogP contribution in [-0.2, 0) is 4.79 Å². The van der Waals surface area contributed by atoms with Crippen LogP contribution in [0, 0.1) is 11.8 Å². The largest absolute Gasteiger partial charge is 0.323 e.